The number of carbonyl (C=O) groups is 3. The van der Waals surface area contributed by atoms with E-state index in [0.717, 1.165) is 22.2 Å². The van der Waals surface area contributed by atoms with E-state index < -0.39 is 29.4 Å². The molecule has 38 heavy (non-hydrogen) atoms. The number of imide groups is 1. The molecular formula is C27H21BrClFN2O5S. The number of anilines is 1. The van der Waals surface area contributed by atoms with Gasteiger partial charge in [0.1, 0.15) is 19.0 Å². The van der Waals surface area contributed by atoms with Crippen LogP contribution in [0, 0.1) is 5.82 Å². The van der Waals surface area contributed by atoms with Crippen molar-refractivity contribution < 1.29 is 28.2 Å². The van der Waals surface area contributed by atoms with Gasteiger partial charge < -0.3 is 14.8 Å². The maximum absolute atomic E-state index is 13.1. The van der Waals surface area contributed by atoms with Gasteiger partial charge in [-0.2, -0.15) is 0 Å². The molecule has 3 amide bonds. The van der Waals surface area contributed by atoms with Crippen molar-refractivity contribution in [3.05, 3.63) is 92.0 Å². The number of amides is 3. The predicted molar refractivity (Wildman–Crippen MR) is 149 cm³/mol. The molecule has 4 rings (SSSR count). The standard InChI is InChI=1S/C27H21BrClFN2O5S/c1-2-36-22-12-17(11-21(28)25(22)37-15-16-3-5-18(29)6-4-16)13-23-26(34)32(27(35)38-23)14-24(33)31-20-9-7-19(30)8-10-20/h3-13H,2,14-15H2,1H3,(H,31,33)/b23-13-. The van der Waals surface area contributed by atoms with Crippen molar-refractivity contribution in [1.82, 2.24) is 4.90 Å². The third kappa shape index (κ3) is 6.94. The molecule has 1 fully saturated rings. The fourth-order valence-electron chi connectivity index (χ4n) is 3.48. The molecule has 0 aliphatic carbocycles. The second-order valence-electron chi connectivity index (χ2n) is 8.00. The third-order valence-electron chi connectivity index (χ3n) is 5.23. The van der Waals surface area contributed by atoms with Crippen LogP contribution < -0.4 is 14.8 Å². The molecule has 0 aromatic heterocycles. The Balaban J connectivity index is 1.48. The predicted octanol–water partition coefficient (Wildman–Crippen LogP) is 6.89. The maximum atomic E-state index is 13.1. The minimum atomic E-state index is -0.591. The first kappa shape index (κ1) is 27.7. The van der Waals surface area contributed by atoms with Crippen LogP contribution in [0.1, 0.15) is 18.1 Å². The second kappa shape index (κ2) is 12.5. The van der Waals surface area contributed by atoms with Gasteiger partial charge in [0, 0.05) is 10.7 Å². The highest BCUT2D eigenvalue weighted by Crippen LogP contribution is 2.39. The van der Waals surface area contributed by atoms with Crippen molar-refractivity contribution in [2.24, 2.45) is 0 Å². The summed E-state index contributed by atoms with van der Waals surface area (Å²) in [7, 11) is 0. The second-order valence-corrected chi connectivity index (χ2v) is 10.3. The minimum Gasteiger partial charge on any atom is -0.490 e. The number of nitrogens with zero attached hydrogens (tertiary/aromatic N) is 1. The van der Waals surface area contributed by atoms with E-state index in [4.69, 9.17) is 21.1 Å². The molecule has 1 N–H and O–H groups in total. The number of hydrogen-bond acceptors (Lipinski definition) is 6. The Labute approximate surface area is 236 Å². The van der Waals surface area contributed by atoms with Crippen LogP contribution in [0.2, 0.25) is 5.02 Å². The van der Waals surface area contributed by atoms with Gasteiger partial charge in [0.2, 0.25) is 5.91 Å². The zero-order chi connectivity index (χ0) is 27.2. The van der Waals surface area contributed by atoms with E-state index in [1.54, 1.807) is 30.3 Å². The van der Waals surface area contributed by atoms with E-state index >= 15 is 0 Å². The van der Waals surface area contributed by atoms with E-state index in [1.807, 2.05) is 19.1 Å². The molecule has 11 heteroatoms. The molecule has 1 heterocycles. The molecule has 0 unspecified atom stereocenters. The van der Waals surface area contributed by atoms with E-state index in [1.165, 1.54) is 24.3 Å². The first-order chi connectivity index (χ1) is 18.2. The lowest BCUT2D eigenvalue weighted by molar-refractivity contribution is -0.127. The average molecular weight is 620 g/mol. The van der Waals surface area contributed by atoms with Gasteiger partial charge in [-0.3, -0.25) is 19.3 Å². The fraction of sp³-hybridized carbons (Fsp3) is 0.148. The Hall–Kier alpha value is -3.34. The third-order valence-corrected chi connectivity index (χ3v) is 6.98. The molecule has 1 aliphatic heterocycles. The molecule has 3 aromatic rings. The highest BCUT2D eigenvalue weighted by molar-refractivity contribution is 9.10. The Morgan fingerprint density at radius 1 is 1.11 bits per heavy atom. The quantitative estimate of drug-likeness (QED) is 0.263. The van der Waals surface area contributed by atoms with Crippen molar-refractivity contribution in [2.75, 3.05) is 18.5 Å². The molecule has 0 bridgehead atoms. The number of nitrogens with one attached hydrogen (secondary N) is 1. The molecule has 0 radical (unpaired) electrons. The van der Waals surface area contributed by atoms with Crippen molar-refractivity contribution in [2.45, 2.75) is 13.5 Å². The van der Waals surface area contributed by atoms with Crippen LogP contribution in [0.5, 0.6) is 11.5 Å². The topological polar surface area (TPSA) is 84.9 Å². The van der Waals surface area contributed by atoms with Crippen LogP contribution >= 0.6 is 39.3 Å². The van der Waals surface area contributed by atoms with Crippen molar-refractivity contribution in [3.63, 3.8) is 0 Å². The maximum Gasteiger partial charge on any atom is 0.294 e. The first-order valence-corrected chi connectivity index (χ1v) is 13.4. The van der Waals surface area contributed by atoms with Crippen LogP contribution in [0.4, 0.5) is 14.9 Å². The summed E-state index contributed by atoms with van der Waals surface area (Å²) < 4.78 is 25.4. The smallest absolute Gasteiger partial charge is 0.294 e. The lowest BCUT2D eigenvalue weighted by atomic mass is 10.1. The van der Waals surface area contributed by atoms with E-state index in [9.17, 15) is 18.8 Å². The summed E-state index contributed by atoms with van der Waals surface area (Å²) in [5, 5.41) is 2.60. The summed E-state index contributed by atoms with van der Waals surface area (Å²) in [6, 6.07) is 15.9. The zero-order valence-electron chi connectivity index (χ0n) is 20.0. The monoisotopic (exact) mass is 618 g/mol. The summed E-state index contributed by atoms with van der Waals surface area (Å²) in [4.78, 5) is 38.8. The van der Waals surface area contributed by atoms with Gasteiger partial charge in [0.15, 0.2) is 11.5 Å². The van der Waals surface area contributed by atoms with Gasteiger partial charge in [-0.15, -0.1) is 0 Å². The van der Waals surface area contributed by atoms with Gasteiger partial charge in [0.25, 0.3) is 11.1 Å². The molecule has 3 aromatic carbocycles. The normalized spacial score (nSPS) is 14.2. The number of hydrogen-bond donors (Lipinski definition) is 1. The molecule has 1 aliphatic rings. The molecule has 0 saturated carbocycles. The van der Waals surface area contributed by atoms with Gasteiger partial charge in [0.05, 0.1) is 16.0 Å². The molecule has 0 atom stereocenters. The van der Waals surface area contributed by atoms with Gasteiger partial charge in [-0.1, -0.05) is 23.7 Å². The van der Waals surface area contributed by atoms with Crippen LogP contribution in [-0.2, 0) is 16.2 Å². The van der Waals surface area contributed by atoms with Crippen LogP contribution in [0.3, 0.4) is 0 Å². The van der Waals surface area contributed by atoms with Gasteiger partial charge in [-0.25, -0.2) is 4.39 Å². The Kier molecular flexibility index (Phi) is 9.09. The van der Waals surface area contributed by atoms with E-state index in [-0.39, 0.29) is 11.5 Å². The van der Waals surface area contributed by atoms with Gasteiger partial charge in [-0.05, 0) is 100 Å². The number of halogens is 3. The van der Waals surface area contributed by atoms with Gasteiger partial charge >= 0.3 is 0 Å². The Bertz CT molecular complexity index is 1400. The zero-order valence-corrected chi connectivity index (χ0v) is 23.2. The largest absolute Gasteiger partial charge is 0.490 e. The molecule has 7 nitrogen and oxygen atoms in total. The van der Waals surface area contributed by atoms with E-state index in [2.05, 4.69) is 21.2 Å². The summed E-state index contributed by atoms with van der Waals surface area (Å²) in [5.74, 6) is -0.668. The molecular weight excluding hydrogens is 599 g/mol. The number of rotatable bonds is 9. The van der Waals surface area contributed by atoms with Crippen LogP contribution in [0.25, 0.3) is 6.08 Å². The van der Waals surface area contributed by atoms with Crippen molar-refractivity contribution in [3.8, 4) is 11.5 Å². The lowest BCUT2D eigenvalue weighted by Crippen LogP contribution is -2.36. The van der Waals surface area contributed by atoms with Crippen molar-refractivity contribution in [1.29, 1.82) is 0 Å². The summed E-state index contributed by atoms with van der Waals surface area (Å²) in [6.45, 7) is 2.04. The Morgan fingerprint density at radius 3 is 2.50 bits per heavy atom. The number of ether oxygens (including phenoxy) is 2. The average Bonchev–Trinajstić information content (AvgIpc) is 3.13. The van der Waals surface area contributed by atoms with Crippen LogP contribution in [0.15, 0.2) is 70.0 Å². The fourth-order valence-corrected chi connectivity index (χ4v) is 5.01. The number of thioether (sulfide) groups is 1. The number of benzene rings is 3. The molecule has 0 spiro atoms. The highest BCUT2D eigenvalue weighted by atomic mass is 79.9. The summed E-state index contributed by atoms with van der Waals surface area (Å²) in [5.41, 5.74) is 1.87. The van der Waals surface area contributed by atoms with Crippen LogP contribution in [-0.4, -0.2) is 35.1 Å². The Morgan fingerprint density at radius 2 is 1.82 bits per heavy atom. The summed E-state index contributed by atoms with van der Waals surface area (Å²) in [6.07, 6.45) is 1.55. The minimum absolute atomic E-state index is 0.161. The summed E-state index contributed by atoms with van der Waals surface area (Å²) >= 11 is 10.2. The lowest BCUT2D eigenvalue weighted by Gasteiger charge is -2.15. The number of carbonyl (C=O) groups excluding carboxylic acids is 3. The van der Waals surface area contributed by atoms with E-state index in [0.29, 0.717) is 38.9 Å². The molecule has 196 valence electrons. The highest BCUT2D eigenvalue weighted by Gasteiger charge is 2.36. The SMILES string of the molecule is CCOc1cc(/C=C2\SC(=O)N(CC(=O)Nc3ccc(F)cc3)C2=O)cc(Br)c1OCc1ccc(Cl)cc1. The van der Waals surface area contributed by atoms with Crippen molar-refractivity contribution >= 4 is 68.1 Å². The molecule has 1 saturated heterocycles. The first-order valence-electron chi connectivity index (χ1n) is 11.4.